The van der Waals surface area contributed by atoms with Crippen LogP contribution in [-0.4, -0.2) is 0 Å². The molecule has 0 radical (unpaired) electrons. The van der Waals surface area contributed by atoms with Gasteiger partial charge in [0, 0.05) is 22.4 Å². The molecule has 0 saturated carbocycles. The lowest BCUT2D eigenvalue weighted by atomic mass is 9.69. The zero-order valence-electron chi connectivity index (χ0n) is 28.8. The van der Waals surface area contributed by atoms with Gasteiger partial charge < -0.3 is 4.90 Å². The fourth-order valence-corrected chi connectivity index (χ4v) is 10.5. The summed E-state index contributed by atoms with van der Waals surface area (Å²) in [5.41, 5.74) is 22.8. The van der Waals surface area contributed by atoms with Crippen molar-refractivity contribution >= 4 is 17.1 Å². The average molecular weight is 660 g/mol. The van der Waals surface area contributed by atoms with E-state index in [9.17, 15) is 0 Å². The van der Waals surface area contributed by atoms with Crippen LogP contribution in [0.5, 0.6) is 0 Å². The van der Waals surface area contributed by atoms with Crippen LogP contribution in [0.15, 0.2) is 182 Å². The van der Waals surface area contributed by atoms with Gasteiger partial charge in [0.25, 0.3) is 0 Å². The van der Waals surface area contributed by atoms with Crippen molar-refractivity contribution in [1.29, 1.82) is 0 Å². The fourth-order valence-electron chi connectivity index (χ4n) is 10.5. The maximum atomic E-state index is 2.55. The van der Waals surface area contributed by atoms with Gasteiger partial charge in [0.05, 0.1) is 11.1 Å². The molecule has 8 aromatic carbocycles. The van der Waals surface area contributed by atoms with Gasteiger partial charge in [0.2, 0.25) is 0 Å². The van der Waals surface area contributed by atoms with E-state index in [-0.39, 0.29) is 5.41 Å². The van der Waals surface area contributed by atoms with Gasteiger partial charge in [0.15, 0.2) is 0 Å². The Hall–Kier alpha value is -6.44. The van der Waals surface area contributed by atoms with Crippen LogP contribution in [0.1, 0.15) is 45.9 Å². The van der Waals surface area contributed by atoms with Gasteiger partial charge in [-0.15, -0.1) is 0 Å². The Morgan fingerprint density at radius 2 is 0.923 bits per heavy atom. The summed E-state index contributed by atoms with van der Waals surface area (Å²) in [4.78, 5) is 2.52. The minimum absolute atomic E-state index is 0.312. The van der Waals surface area contributed by atoms with Crippen LogP contribution < -0.4 is 4.90 Å². The predicted molar refractivity (Wildman–Crippen MR) is 214 cm³/mol. The molecule has 1 aliphatic heterocycles. The molecular formula is C51H33N. The highest BCUT2D eigenvalue weighted by Crippen LogP contribution is 2.66. The molecule has 52 heavy (non-hydrogen) atoms. The maximum absolute atomic E-state index is 2.55. The van der Waals surface area contributed by atoms with Crippen molar-refractivity contribution in [1.82, 2.24) is 0 Å². The van der Waals surface area contributed by atoms with E-state index in [1.807, 2.05) is 0 Å². The number of nitrogens with zero attached hydrogens (tertiary/aromatic N) is 1. The van der Waals surface area contributed by atoms with Crippen LogP contribution in [0.25, 0.3) is 44.5 Å². The van der Waals surface area contributed by atoms with Crippen LogP contribution in [0, 0.1) is 0 Å². The Bertz CT molecular complexity index is 2760. The summed E-state index contributed by atoms with van der Waals surface area (Å²) < 4.78 is 0. The van der Waals surface area contributed by atoms with Crippen molar-refractivity contribution < 1.29 is 0 Å². The SMILES string of the molecule is CC12c3ccc4c(c3)-c3c(cccc3C43c4ccccc4-c4ccccc43)N(c3ccc(-c4ccccc4)cc3)c3ccc(c1c3)-c1ccccc12. The number of hydrogen-bond donors (Lipinski definition) is 0. The number of hydrogen-bond acceptors (Lipinski definition) is 1. The molecule has 1 spiro atoms. The van der Waals surface area contributed by atoms with Crippen molar-refractivity contribution in [2.24, 2.45) is 0 Å². The summed E-state index contributed by atoms with van der Waals surface area (Å²) in [6.07, 6.45) is 0. The molecule has 3 aliphatic carbocycles. The summed E-state index contributed by atoms with van der Waals surface area (Å²) in [6, 6.07) is 68.8. The molecule has 0 fully saturated rings. The minimum atomic E-state index is -0.415. The first-order valence-electron chi connectivity index (χ1n) is 18.4. The lowest BCUT2D eigenvalue weighted by Gasteiger charge is -2.33. The van der Waals surface area contributed by atoms with Crippen molar-refractivity contribution in [3.63, 3.8) is 0 Å². The maximum Gasteiger partial charge on any atom is 0.0726 e. The molecule has 1 atom stereocenters. The third-order valence-electron chi connectivity index (χ3n) is 12.7. The smallest absolute Gasteiger partial charge is 0.0726 e. The van der Waals surface area contributed by atoms with Crippen molar-refractivity contribution in [2.45, 2.75) is 17.8 Å². The van der Waals surface area contributed by atoms with Crippen LogP contribution in [0.3, 0.4) is 0 Å². The molecule has 0 amide bonds. The summed E-state index contributed by atoms with van der Waals surface area (Å²) in [6.45, 7) is 2.45. The molecule has 0 aromatic heterocycles. The Morgan fingerprint density at radius 1 is 0.365 bits per heavy atom. The second kappa shape index (κ2) is 9.87. The topological polar surface area (TPSA) is 3.24 Å². The lowest BCUT2D eigenvalue weighted by Crippen LogP contribution is -2.26. The molecule has 1 unspecified atom stereocenters. The summed E-state index contributed by atoms with van der Waals surface area (Å²) in [7, 11) is 0. The highest BCUT2D eigenvalue weighted by molar-refractivity contribution is 6.02. The Morgan fingerprint density at radius 3 is 1.65 bits per heavy atom. The molecule has 4 aliphatic rings. The largest absolute Gasteiger partial charge is 0.310 e. The Labute approximate surface area is 304 Å². The number of rotatable bonds is 2. The highest BCUT2D eigenvalue weighted by atomic mass is 15.1. The van der Waals surface area contributed by atoms with Crippen LogP contribution in [0.4, 0.5) is 17.1 Å². The normalized spacial score (nSPS) is 17.1. The van der Waals surface area contributed by atoms with Gasteiger partial charge in [-0.25, -0.2) is 0 Å². The van der Waals surface area contributed by atoms with Gasteiger partial charge in [-0.2, -0.15) is 0 Å². The highest BCUT2D eigenvalue weighted by Gasteiger charge is 2.53. The first-order valence-corrected chi connectivity index (χ1v) is 18.4. The summed E-state index contributed by atoms with van der Waals surface area (Å²) >= 11 is 0. The first-order chi connectivity index (χ1) is 25.7. The molecule has 242 valence electrons. The average Bonchev–Trinajstić information content (AvgIpc) is 3.78. The van der Waals surface area contributed by atoms with E-state index < -0.39 is 5.41 Å². The zero-order chi connectivity index (χ0) is 34.2. The predicted octanol–water partition coefficient (Wildman–Crippen LogP) is 12.8. The molecule has 12 rings (SSSR count). The molecule has 1 nitrogen and oxygen atoms in total. The van der Waals surface area contributed by atoms with Gasteiger partial charge in [-0.1, -0.05) is 146 Å². The van der Waals surface area contributed by atoms with E-state index in [2.05, 4.69) is 194 Å². The summed E-state index contributed by atoms with van der Waals surface area (Å²) in [5, 5.41) is 0. The zero-order valence-corrected chi connectivity index (χ0v) is 28.8. The summed E-state index contributed by atoms with van der Waals surface area (Å²) in [5.74, 6) is 0. The van der Waals surface area contributed by atoms with Gasteiger partial charge >= 0.3 is 0 Å². The molecule has 8 aromatic rings. The minimum Gasteiger partial charge on any atom is -0.310 e. The van der Waals surface area contributed by atoms with E-state index in [0.717, 1.165) is 5.69 Å². The third-order valence-corrected chi connectivity index (χ3v) is 12.7. The fraction of sp³-hybridized carbons (Fsp3) is 0.0588. The molecule has 0 N–H and O–H groups in total. The monoisotopic (exact) mass is 659 g/mol. The van der Waals surface area contributed by atoms with Crippen molar-refractivity contribution in [3.05, 3.63) is 221 Å². The number of benzene rings is 8. The molecule has 0 saturated heterocycles. The second-order valence-corrected chi connectivity index (χ2v) is 15.0. The molecule has 1 heteroatoms. The van der Waals surface area contributed by atoms with Crippen LogP contribution in [0.2, 0.25) is 0 Å². The van der Waals surface area contributed by atoms with E-state index in [4.69, 9.17) is 0 Å². The molecule has 1 heterocycles. The third kappa shape index (κ3) is 3.30. The van der Waals surface area contributed by atoms with E-state index in [1.165, 1.54) is 94.8 Å². The van der Waals surface area contributed by atoms with Gasteiger partial charge in [0.1, 0.15) is 0 Å². The first kappa shape index (κ1) is 28.3. The Kier molecular flexibility index (Phi) is 5.37. The standard InChI is InChI=1S/C51H33N/c1-50-34-24-29-45-41(30-34)49-46(51(45)43-18-9-6-15-38(43)39-16-7-10-19-44(39)51)20-11-21-48(49)52(35-25-22-33(23-26-35)32-12-3-2-4-13-32)36-27-28-40(47(50)31-36)37-14-5-8-17-42(37)50/h2-31H,1H3. The Balaban J connectivity index is 1.22. The number of anilines is 3. The lowest BCUT2D eigenvalue weighted by molar-refractivity contribution is 0.712. The van der Waals surface area contributed by atoms with E-state index in [0.29, 0.717) is 0 Å². The number of fused-ring (bicyclic) bond motifs is 13. The molecule has 4 bridgehead atoms. The van der Waals surface area contributed by atoms with E-state index in [1.54, 1.807) is 0 Å². The second-order valence-electron chi connectivity index (χ2n) is 15.0. The van der Waals surface area contributed by atoms with Crippen LogP contribution >= 0.6 is 0 Å². The quantitative estimate of drug-likeness (QED) is 0.179. The van der Waals surface area contributed by atoms with Gasteiger partial charge in [-0.3, -0.25) is 0 Å². The van der Waals surface area contributed by atoms with Crippen LogP contribution in [-0.2, 0) is 10.8 Å². The van der Waals surface area contributed by atoms with Crippen molar-refractivity contribution in [2.75, 3.05) is 4.90 Å². The van der Waals surface area contributed by atoms with E-state index >= 15 is 0 Å². The molecular weight excluding hydrogens is 627 g/mol. The van der Waals surface area contributed by atoms with Crippen molar-refractivity contribution in [3.8, 4) is 44.5 Å². The van der Waals surface area contributed by atoms with Gasteiger partial charge in [-0.05, 0) is 121 Å².